The van der Waals surface area contributed by atoms with Crippen molar-refractivity contribution in [1.29, 1.82) is 0 Å². The van der Waals surface area contributed by atoms with Gasteiger partial charge in [0.2, 0.25) is 11.8 Å². The van der Waals surface area contributed by atoms with Crippen LogP contribution < -0.4 is 5.32 Å². The number of hydrogen-bond acceptors (Lipinski definition) is 4. The fourth-order valence-corrected chi connectivity index (χ4v) is 3.59. The number of hydrogen-bond donors (Lipinski definition) is 1. The van der Waals surface area contributed by atoms with Gasteiger partial charge in [0.15, 0.2) is 0 Å². The summed E-state index contributed by atoms with van der Waals surface area (Å²) in [5.41, 5.74) is 0.856. The van der Waals surface area contributed by atoms with Crippen molar-refractivity contribution in [2.75, 3.05) is 13.1 Å². The van der Waals surface area contributed by atoms with Crippen LogP contribution >= 0.6 is 11.3 Å². The molecular weight excluding hydrogens is 322 g/mol. The highest BCUT2D eigenvalue weighted by atomic mass is 32.1. The maximum absolute atomic E-state index is 12.3. The summed E-state index contributed by atoms with van der Waals surface area (Å²) in [6, 6.07) is 9.61. The predicted molar refractivity (Wildman–Crippen MR) is 93.4 cm³/mol. The SMILES string of the molecule is O=C(NCc1ccccn1)C1CCN(C(=O)Cc2cccs2)CC1. The normalized spacial score (nSPS) is 15.2. The molecule has 0 saturated carbocycles. The fourth-order valence-electron chi connectivity index (χ4n) is 2.89. The molecule has 3 rings (SSSR count). The molecule has 126 valence electrons. The third-order valence-corrected chi connectivity index (χ3v) is 5.17. The number of pyridine rings is 1. The molecule has 1 N–H and O–H groups in total. The predicted octanol–water partition coefficient (Wildman–Crippen LogP) is 2.24. The van der Waals surface area contributed by atoms with Gasteiger partial charge in [0.1, 0.15) is 0 Å². The van der Waals surface area contributed by atoms with Crippen molar-refractivity contribution in [3.8, 4) is 0 Å². The van der Waals surface area contributed by atoms with Crippen molar-refractivity contribution < 1.29 is 9.59 Å². The van der Waals surface area contributed by atoms with Gasteiger partial charge >= 0.3 is 0 Å². The maximum atomic E-state index is 12.3. The summed E-state index contributed by atoms with van der Waals surface area (Å²) < 4.78 is 0. The Morgan fingerprint density at radius 3 is 2.71 bits per heavy atom. The average Bonchev–Trinajstić information content (AvgIpc) is 3.13. The van der Waals surface area contributed by atoms with Gasteiger partial charge in [0, 0.05) is 30.1 Å². The number of rotatable bonds is 5. The molecule has 0 radical (unpaired) electrons. The first kappa shape index (κ1) is 16.6. The van der Waals surface area contributed by atoms with Crippen LogP contribution in [0, 0.1) is 5.92 Å². The van der Waals surface area contributed by atoms with E-state index in [-0.39, 0.29) is 17.7 Å². The lowest BCUT2D eigenvalue weighted by Crippen LogP contribution is -2.43. The van der Waals surface area contributed by atoms with E-state index in [9.17, 15) is 9.59 Å². The third kappa shape index (κ3) is 4.41. The van der Waals surface area contributed by atoms with Crippen LogP contribution in [0.15, 0.2) is 41.9 Å². The summed E-state index contributed by atoms with van der Waals surface area (Å²) in [5.74, 6) is 0.204. The molecule has 5 nitrogen and oxygen atoms in total. The van der Waals surface area contributed by atoms with Crippen LogP contribution in [0.2, 0.25) is 0 Å². The Kier molecular flexibility index (Phi) is 5.59. The minimum Gasteiger partial charge on any atom is -0.350 e. The van der Waals surface area contributed by atoms with Crippen LogP contribution in [0.25, 0.3) is 0 Å². The van der Waals surface area contributed by atoms with E-state index < -0.39 is 0 Å². The largest absolute Gasteiger partial charge is 0.350 e. The molecule has 0 aromatic carbocycles. The van der Waals surface area contributed by atoms with Crippen LogP contribution in [0.5, 0.6) is 0 Å². The van der Waals surface area contributed by atoms with Gasteiger partial charge < -0.3 is 10.2 Å². The summed E-state index contributed by atoms with van der Waals surface area (Å²) >= 11 is 1.61. The Morgan fingerprint density at radius 1 is 1.21 bits per heavy atom. The average molecular weight is 343 g/mol. The monoisotopic (exact) mass is 343 g/mol. The summed E-state index contributed by atoms with van der Waals surface area (Å²) in [6.07, 6.45) is 3.64. The number of likely N-dealkylation sites (tertiary alicyclic amines) is 1. The first-order valence-electron chi connectivity index (χ1n) is 8.20. The van der Waals surface area contributed by atoms with E-state index in [2.05, 4.69) is 10.3 Å². The Hall–Kier alpha value is -2.21. The van der Waals surface area contributed by atoms with E-state index >= 15 is 0 Å². The van der Waals surface area contributed by atoms with E-state index in [1.54, 1.807) is 17.5 Å². The van der Waals surface area contributed by atoms with Gasteiger partial charge in [-0.1, -0.05) is 12.1 Å². The van der Waals surface area contributed by atoms with Crippen molar-refractivity contribution in [3.63, 3.8) is 0 Å². The summed E-state index contributed by atoms with van der Waals surface area (Å²) in [6.45, 7) is 1.77. The first-order valence-corrected chi connectivity index (χ1v) is 9.08. The molecule has 3 heterocycles. The zero-order valence-electron chi connectivity index (χ0n) is 13.5. The molecule has 0 atom stereocenters. The van der Waals surface area contributed by atoms with E-state index in [0.29, 0.717) is 26.1 Å². The standard InChI is InChI=1S/C18H21N3O2S/c22-17(12-16-5-3-11-24-16)21-9-6-14(7-10-21)18(23)20-13-15-4-1-2-8-19-15/h1-5,8,11,14H,6-7,9-10,12-13H2,(H,20,23). The quantitative estimate of drug-likeness (QED) is 0.906. The number of carbonyl (C=O) groups excluding carboxylic acids is 2. The smallest absolute Gasteiger partial charge is 0.227 e. The molecule has 0 aliphatic carbocycles. The second kappa shape index (κ2) is 8.06. The number of carbonyl (C=O) groups is 2. The van der Waals surface area contributed by atoms with E-state index in [0.717, 1.165) is 23.4 Å². The molecule has 1 aliphatic heterocycles. The molecule has 24 heavy (non-hydrogen) atoms. The molecule has 2 aromatic heterocycles. The molecule has 2 amide bonds. The molecule has 1 aliphatic rings. The highest BCUT2D eigenvalue weighted by Crippen LogP contribution is 2.19. The van der Waals surface area contributed by atoms with Gasteiger partial charge in [-0.2, -0.15) is 0 Å². The first-order chi connectivity index (χ1) is 11.7. The second-order valence-corrected chi connectivity index (χ2v) is 6.98. The number of thiophene rings is 1. The lowest BCUT2D eigenvalue weighted by atomic mass is 9.95. The molecular formula is C18H21N3O2S. The summed E-state index contributed by atoms with van der Waals surface area (Å²) in [4.78, 5) is 31.7. The minimum atomic E-state index is -0.0144. The molecule has 1 saturated heterocycles. The van der Waals surface area contributed by atoms with Crippen LogP contribution in [0.4, 0.5) is 0 Å². The van der Waals surface area contributed by atoms with Gasteiger partial charge in [-0.3, -0.25) is 14.6 Å². The number of nitrogens with zero attached hydrogens (tertiary/aromatic N) is 2. The highest BCUT2D eigenvalue weighted by molar-refractivity contribution is 7.10. The Bertz CT molecular complexity index is 665. The van der Waals surface area contributed by atoms with Crippen LogP contribution in [-0.4, -0.2) is 34.8 Å². The topological polar surface area (TPSA) is 62.3 Å². The Balaban J connectivity index is 1.42. The molecule has 2 aromatic rings. The zero-order chi connectivity index (χ0) is 16.8. The van der Waals surface area contributed by atoms with E-state index in [1.165, 1.54) is 0 Å². The second-order valence-electron chi connectivity index (χ2n) is 5.95. The minimum absolute atomic E-state index is 0.0144. The molecule has 0 bridgehead atoms. The van der Waals surface area contributed by atoms with Crippen molar-refractivity contribution in [2.45, 2.75) is 25.8 Å². The van der Waals surface area contributed by atoms with Gasteiger partial charge in [0.25, 0.3) is 0 Å². The van der Waals surface area contributed by atoms with E-state index in [4.69, 9.17) is 0 Å². The van der Waals surface area contributed by atoms with Gasteiger partial charge in [-0.25, -0.2) is 0 Å². The lowest BCUT2D eigenvalue weighted by molar-refractivity contribution is -0.135. The summed E-state index contributed by atoms with van der Waals surface area (Å²) in [5, 5.41) is 4.93. The zero-order valence-corrected chi connectivity index (χ0v) is 14.3. The van der Waals surface area contributed by atoms with Crippen molar-refractivity contribution in [2.24, 2.45) is 5.92 Å². The molecule has 6 heteroatoms. The van der Waals surface area contributed by atoms with Gasteiger partial charge in [0.05, 0.1) is 18.7 Å². The Morgan fingerprint density at radius 2 is 2.04 bits per heavy atom. The lowest BCUT2D eigenvalue weighted by Gasteiger charge is -2.31. The highest BCUT2D eigenvalue weighted by Gasteiger charge is 2.27. The van der Waals surface area contributed by atoms with Crippen LogP contribution in [-0.2, 0) is 22.6 Å². The van der Waals surface area contributed by atoms with Crippen molar-refractivity contribution >= 4 is 23.2 Å². The van der Waals surface area contributed by atoms with Crippen molar-refractivity contribution in [1.82, 2.24) is 15.2 Å². The third-order valence-electron chi connectivity index (χ3n) is 4.29. The number of amides is 2. The number of nitrogens with one attached hydrogen (secondary N) is 1. The molecule has 1 fully saturated rings. The number of aromatic nitrogens is 1. The summed E-state index contributed by atoms with van der Waals surface area (Å²) in [7, 11) is 0. The van der Waals surface area contributed by atoms with Gasteiger partial charge in [-0.15, -0.1) is 11.3 Å². The fraction of sp³-hybridized carbons (Fsp3) is 0.389. The van der Waals surface area contributed by atoms with Crippen LogP contribution in [0.1, 0.15) is 23.4 Å². The number of piperidine rings is 1. The molecule has 0 spiro atoms. The van der Waals surface area contributed by atoms with E-state index in [1.807, 2.05) is 40.6 Å². The molecule has 0 unspecified atom stereocenters. The maximum Gasteiger partial charge on any atom is 0.227 e. The van der Waals surface area contributed by atoms with Crippen LogP contribution in [0.3, 0.4) is 0 Å². The van der Waals surface area contributed by atoms with Crippen molar-refractivity contribution in [3.05, 3.63) is 52.5 Å². The van der Waals surface area contributed by atoms with Gasteiger partial charge in [-0.05, 0) is 36.4 Å². The Labute approximate surface area is 145 Å².